The molecule has 0 amide bonds. The van der Waals surface area contributed by atoms with Gasteiger partial charge in [0.2, 0.25) is 0 Å². The zero-order valence-electron chi connectivity index (χ0n) is 4.39. The van der Waals surface area contributed by atoms with Crippen LogP contribution in [0.4, 0.5) is 0 Å². The normalized spacial score (nSPS) is 9.62. The summed E-state index contributed by atoms with van der Waals surface area (Å²) >= 11 is 5.35. The van der Waals surface area contributed by atoms with Crippen LogP contribution in [0.2, 0.25) is 0 Å². The van der Waals surface area contributed by atoms with E-state index in [2.05, 4.69) is 4.98 Å². The molecule has 2 heteroatoms. The molecule has 8 heavy (non-hydrogen) atoms. The van der Waals surface area contributed by atoms with Crippen molar-refractivity contribution in [2.45, 2.75) is 6.42 Å². The van der Waals surface area contributed by atoms with E-state index in [-0.39, 0.29) is 0 Å². The monoisotopic (exact) mass is 128 g/mol. The Kier molecular flexibility index (Phi) is 1.98. The minimum atomic E-state index is 0.814. The van der Waals surface area contributed by atoms with Crippen LogP contribution < -0.4 is 0 Å². The lowest BCUT2D eigenvalue weighted by molar-refractivity contribution is 1.13. The maximum atomic E-state index is 5.35. The van der Waals surface area contributed by atoms with E-state index >= 15 is 0 Å². The molecule has 43 valence electrons. The molecule has 0 aromatic carbocycles. The number of nitrogens with one attached hydrogen (secondary N) is 1. The molecular formula is C6H7ClN. The smallest absolute Gasteiger partial charge is 0.0558 e. The highest BCUT2D eigenvalue weighted by Gasteiger charge is 1.87. The number of hydrogen-bond donors (Lipinski definition) is 1. The number of rotatable bonds is 2. The third-order valence-electron chi connectivity index (χ3n) is 0.959. The van der Waals surface area contributed by atoms with Gasteiger partial charge < -0.3 is 4.98 Å². The first-order valence-electron chi connectivity index (χ1n) is 2.47. The number of aromatic amines is 1. The van der Waals surface area contributed by atoms with Gasteiger partial charge in [-0.15, -0.1) is 11.6 Å². The molecule has 0 saturated carbocycles. The van der Waals surface area contributed by atoms with Gasteiger partial charge in [-0.2, -0.15) is 0 Å². The van der Waals surface area contributed by atoms with Gasteiger partial charge in [0.25, 0.3) is 0 Å². The second kappa shape index (κ2) is 2.78. The molecule has 1 aromatic rings. The summed E-state index contributed by atoms with van der Waals surface area (Å²) in [6, 6.07) is 3.95. The molecule has 0 spiro atoms. The Labute approximate surface area is 53.7 Å². The second-order valence-electron chi connectivity index (χ2n) is 1.55. The van der Waals surface area contributed by atoms with E-state index in [4.69, 9.17) is 11.6 Å². The van der Waals surface area contributed by atoms with Gasteiger partial charge in [0.05, 0.1) is 5.88 Å². The third-order valence-corrected chi connectivity index (χ3v) is 1.11. The van der Waals surface area contributed by atoms with Crippen LogP contribution in [0, 0.1) is 5.88 Å². The number of aromatic nitrogens is 1. The maximum Gasteiger partial charge on any atom is 0.0558 e. The standard InChI is InChI=1S/C6H7ClN/c7-4-3-6-2-1-5-8-6/h1-2,4-5,8H,3H2. The molecular weight excluding hydrogens is 122 g/mol. The van der Waals surface area contributed by atoms with Crippen molar-refractivity contribution in [3.05, 3.63) is 29.9 Å². The molecule has 1 N–H and O–H groups in total. The summed E-state index contributed by atoms with van der Waals surface area (Å²) in [7, 11) is 0. The molecule has 0 fully saturated rings. The van der Waals surface area contributed by atoms with Crippen LogP contribution in [0.5, 0.6) is 0 Å². The van der Waals surface area contributed by atoms with E-state index in [0.29, 0.717) is 0 Å². The molecule has 0 aliphatic heterocycles. The molecule has 1 radical (unpaired) electrons. The van der Waals surface area contributed by atoms with Gasteiger partial charge in [-0.3, -0.25) is 0 Å². The predicted molar refractivity (Wildman–Crippen MR) is 34.6 cm³/mol. The second-order valence-corrected chi connectivity index (χ2v) is 1.86. The first kappa shape index (κ1) is 5.70. The zero-order valence-corrected chi connectivity index (χ0v) is 5.15. The third kappa shape index (κ3) is 1.27. The van der Waals surface area contributed by atoms with E-state index in [1.165, 1.54) is 0 Å². The lowest BCUT2D eigenvalue weighted by atomic mass is 10.3. The van der Waals surface area contributed by atoms with Crippen molar-refractivity contribution in [1.82, 2.24) is 4.98 Å². The summed E-state index contributed by atoms with van der Waals surface area (Å²) in [5, 5.41) is 0. The molecule has 1 nitrogen and oxygen atoms in total. The minimum Gasteiger partial charge on any atom is -0.365 e. The molecule has 0 atom stereocenters. The Bertz CT molecular complexity index is 134. The Morgan fingerprint density at radius 2 is 2.62 bits per heavy atom. The van der Waals surface area contributed by atoms with E-state index in [1.807, 2.05) is 18.3 Å². The Hall–Kier alpha value is -0.430. The average Bonchev–Trinajstić information content (AvgIpc) is 2.19. The number of halogens is 1. The molecule has 0 aliphatic carbocycles. The lowest BCUT2D eigenvalue weighted by Crippen LogP contribution is -1.78. The van der Waals surface area contributed by atoms with Crippen LogP contribution in [0.25, 0.3) is 0 Å². The Balaban J connectivity index is 2.50. The van der Waals surface area contributed by atoms with Gasteiger partial charge >= 0.3 is 0 Å². The summed E-state index contributed by atoms with van der Waals surface area (Å²) in [5.74, 6) is 1.60. The molecule has 0 aliphatic rings. The minimum absolute atomic E-state index is 0.814. The van der Waals surface area contributed by atoms with Crippen molar-refractivity contribution in [1.29, 1.82) is 0 Å². The SMILES string of the molecule is Cl[CH]Cc1ccc[nH]1. The van der Waals surface area contributed by atoms with Crippen molar-refractivity contribution in [2.24, 2.45) is 0 Å². The first-order valence-corrected chi connectivity index (χ1v) is 2.91. The van der Waals surface area contributed by atoms with Crippen molar-refractivity contribution in [3.8, 4) is 0 Å². The van der Waals surface area contributed by atoms with Crippen LogP contribution in [0.1, 0.15) is 5.69 Å². The van der Waals surface area contributed by atoms with E-state index in [1.54, 1.807) is 5.88 Å². The predicted octanol–water partition coefficient (Wildman–Crippen LogP) is 1.96. The highest BCUT2D eigenvalue weighted by molar-refractivity contribution is 6.23. The quantitative estimate of drug-likeness (QED) is 0.627. The maximum absolute atomic E-state index is 5.35. The van der Waals surface area contributed by atoms with Crippen LogP contribution in [-0.4, -0.2) is 4.98 Å². The van der Waals surface area contributed by atoms with Gasteiger partial charge in [0.1, 0.15) is 0 Å². The van der Waals surface area contributed by atoms with Gasteiger partial charge in [-0.05, 0) is 12.1 Å². The van der Waals surface area contributed by atoms with Crippen molar-refractivity contribution in [3.63, 3.8) is 0 Å². The van der Waals surface area contributed by atoms with Crippen LogP contribution >= 0.6 is 11.6 Å². The van der Waals surface area contributed by atoms with E-state index in [9.17, 15) is 0 Å². The largest absolute Gasteiger partial charge is 0.365 e. The van der Waals surface area contributed by atoms with Gasteiger partial charge in [-0.1, -0.05) is 0 Å². The van der Waals surface area contributed by atoms with Crippen LogP contribution in [-0.2, 0) is 6.42 Å². The van der Waals surface area contributed by atoms with Crippen molar-refractivity contribution < 1.29 is 0 Å². The Morgan fingerprint density at radius 3 is 3.12 bits per heavy atom. The van der Waals surface area contributed by atoms with E-state index < -0.39 is 0 Å². The molecule has 1 rings (SSSR count). The van der Waals surface area contributed by atoms with Gasteiger partial charge in [0, 0.05) is 18.3 Å². The summed E-state index contributed by atoms with van der Waals surface area (Å²) in [6.45, 7) is 0. The fourth-order valence-electron chi connectivity index (χ4n) is 0.578. The van der Waals surface area contributed by atoms with Crippen LogP contribution in [0.15, 0.2) is 18.3 Å². The fourth-order valence-corrected chi connectivity index (χ4v) is 0.744. The first-order chi connectivity index (χ1) is 3.93. The summed E-state index contributed by atoms with van der Waals surface area (Å²) in [5.41, 5.74) is 1.15. The average molecular weight is 129 g/mol. The summed E-state index contributed by atoms with van der Waals surface area (Å²) < 4.78 is 0. The molecule has 0 unspecified atom stereocenters. The van der Waals surface area contributed by atoms with Crippen molar-refractivity contribution >= 4 is 11.6 Å². The highest BCUT2D eigenvalue weighted by atomic mass is 35.5. The number of hydrogen-bond acceptors (Lipinski definition) is 0. The highest BCUT2D eigenvalue weighted by Crippen LogP contribution is 1.99. The topological polar surface area (TPSA) is 15.8 Å². The number of H-pyrrole nitrogens is 1. The summed E-state index contributed by atoms with van der Waals surface area (Å²) in [6.07, 6.45) is 2.70. The van der Waals surface area contributed by atoms with E-state index in [0.717, 1.165) is 12.1 Å². The zero-order chi connectivity index (χ0) is 5.82. The summed E-state index contributed by atoms with van der Waals surface area (Å²) in [4.78, 5) is 3.02. The molecule has 1 aromatic heterocycles. The molecule has 0 saturated heterocycles. The molecule has 1 heterocycles. The fraction of sp³-hybridized carbons (Fsp3) is 0.167. The molecule has 0 bridgehead atoms. The van der Waals surface area contributed by atoms with Gasteiger partial charge in [0.15, 0.2) is 0 Å². The van der Waals surface area contributed by atoms with Gasteiger partial charge in [-0.25, -0.2) is 0 Å². The van der Waals surface area contributed by atoms with Crippen molar-refractivity contribution in [2.75, 3.05) is 0 Å². The lowest BCUT2D eigenvalue weighted by Gasteiger charge is -1.85. The van der Waals surface area contributed by atoms with Crippen LogP contribution in [0.3, 0.4) is 0 Å². The Morgan fingerprint density at radius 1 is 1.75 bits per heavy atom.